The van der Waals surface area contributed by atoms with E-state index in [0.717, 1.165) is 47.9 Å². The Hall–Kier alpha value is -3.35. The minimum absolute atomic E-state index is 0.0681. The number of nitrogens with zero attached hydrogens (tertiary/aromatic N) is 1. The van der Waals surface area contributed by atoms with Crippen LogP contribution in [0.4, 0.5) is 4.79 Å². The van der Waals surface area contributed by atoms with Crippen molar-refractivity contribution in [2.75, 3.05) is 13.2 Å². The van der Waals surface area contributed by atoms with Crippen molar-refractivity contribution in [2.24, 2.45) is 0 Å². The molecule has 2 aliphatic rings. The van der Waals surface area contributed by atoms with E-state index in [0.29, 0.717) is 19.4 Å². The summed E-state index contributed by atoms with van der Waals surface area (Å²) in [7, 11) is 0. The number of fused-ring (bicyclic) bond motifs is 3. The third-order valence-electron chi connectivity index (χ3n) is 6.85. The van der Waals surface area contributed by atoms with Crippen LogP contribution >= 0.6 is 0 Å². The average molecular weight is 465 g/mol. The van der Waals surface area contributed by atoms with Crippen LogP contribution in [0.5, 0.6) is 0 Å². The van der Waals surface area contributed by atoms with E-state index >= 15 is 0 Å². The van der Waals surface area contributed by atoms with E-state index in [-0.39, 0.29) is 18.4 Å². The Kier molecular flexibility index (Phi) is 7.50. The summed E-state index contributed by atoms with van der Waals surface area (Å²) in [6.45, 7) is 2.57. The first-order chi connectivity index (χ1) is 16.5. The molecular weight excluding hydrogens is 432 g/mol. The van der Waals surface area contributed by atoms with Crippen LogP contribution in [0.2, 0.25) is 0 Å². The predicted octanol–water partition coefficient (Wildman–Crippen LogP) is 4.55. The Morgan fingerprint density at radius 2 is 1.71 bits per heavy atom. The fraction of sp³-hybridized carbons (Fsp3) is 0.444. The second-order valence-corrected chi connectivity index (χ2v) is 9.05. The van der Waals surface area contributed by atoms with E-state index in [1.165, 1.54) is 4.90 Å². The molecule has 0 radical (unpaired) electrons. The summed E-state index contributed by atoms with van der Waals surface area (Å²) in [6, 6.07) is 14.6. The highest BCUT2D eigenvalue weighted by Crippen LogP contribution is 2.44. The number of carboxylic acids is 1. The van der Waals surface area contributed by atoms with Crippen LogP contribution < -0.4 is 5.32 Å². The van der Waals surface area contributed by atoms with Crippen LogP contribution in [0.15, 0.2) is 48.5 Å². The molecule has 7 nitrogen and oxygen atoms in total. The maximum Gasteiger partial charge on any atom is 0.407 e. The molecular formula is C27H32N2O5. The molecule has 0 spiro atoms. The smallest absolute Gasteiger partial charge is 0.407 e. The molecule has 7 heteroatoms. The Morgan fingerprint density at radius 1 is 1.06 bits per heavy atom. The molecule has 1 aliphatic heterocycles. The average Bonchev–Trinajstić information content (AvgIpc) is 3.18. The Bertz CT molecular complexity index is 1010. The highest BCUT2D eigenvalue weighted by atomic mass is 16.5. The van der Waals surface area contributed by atoms with Gasteiger partial charge in [0, 0.05) is 12.5 Å². The van der Waals surface area contributed by atoms with Gasteiger partial charge < -0.3 is 20.1 Å². The fourth-order valence-corrected chi connectivity index (χ4v) is 5.10. The largest absolute Gasteiger partial charge is 0.480 e. The number of benzene rings is 2. The van der Waals surface area contributed by atoms with Gasteiger partial charge in [0.2, 0.25) is 5.91 Å². The zero-order chi connectivity index (χ0) is 24.1. The minimum atomic E-state index is -0.997. The third kappa shape index (κ3) is 4.93. The molecule has 2 aromatic rings. The summed E-state index contributed by atoms with van der Waals surface area (Å²) in [5.41, 5.74) is 4.53. The summed E-state index contributed by atoms with van der Waals surface area (Å²) in [5, 5.41) is 12.3. The van der Waals surface area contributed by atoms with Gasteiger partial charge in [0.25, 0.3) is 0 Å². The van der Waals surface area contributed by atoms with E-state index in [4.69, 9.17) is 4.74 Å². The van der Waals surface area contributed by atoms with Crippen LogP contribution in [0.1, 0.15) is 62.5 Å². The van der Waals surface area contributed by atoms with Gasteiger partial charge in [-0.25, -0.2) is 9.59 Å². The van der Waals surface area contributed by atoms with Gasteiger partial charge in [-0.1, -0.05) is 68.3 Å². The van der Waals surface area contributed by atoms with Gasteiger partial charge in [-0.05, 0) is 47.9 Å². The Balaban J connectivity index is 1.44. The minimum Gasteiger partial charge on any atom is -0.480 e. The fourth-order valence-electron chi connectivity index (χ4n) is 5.10. The summed E-state index contributed by atoms with van der Waals surface area (Å²) < 4.78 is 5.62. The Labute approximate surface area is 200 Å². The van der Waals surface area contributed by atoms with Gasteiger partial charge in [-0.2, -0.15) is 0 Å². The number of unbranched alkanes of at least 4 members (excludes halogenated alkanes) is 1. The maximum atomic E-state index is 13.2. The number of ether oxygens (including phenoxy) is 1. The molecule has 34 heavy (non-hydrogen) atoms. The van der Waals surface area contributed by atoms with Crippen LogP contribution in [0.25, 0.3) is 11.1 Å². The van der Waals surface area contributed by atoms with Crippen molar-refractivity contribution >= 4 is 18.0 Å². The molecule has 1 aliphatic carbocycles. The van der Waals surface area contributed by atoms with Gasteiger partial charge in [0.05, 0.1) is 0 Å². The lowest BCUT2D eigenvalue weighted by Crippen LogP contribution is -2.55. The number of amides is 2. The number of hydrogen-bond donors (Lipinski definition) is 2. The van der Waals surface area contributed by atoms with Crippen LogP contribution in [-0.4, -0.2) is 53.2 Å². The summed E-state index contributed by atoms with van der Waals surface area (Å²) in [5.74, 6) is -1.40. The standard InChI is InChI=1S/C27H32N2O5/c1-2-3-14-23(25(30)29-16-9-8-15-24(29)26(31)32)28-27(33)34-17-22-20-12-6-4-10-18(20)19-11-5-7-13-21(19)22/h4-7,10-13,22-24H,2-3,8-9,14-17H2,1H3,(H,28,33)(H,31,32)/t23-,24+/m0/s1. The maximum absolute atomic E-state index is 13.2. The number of rotatable bonds is 8. The van der Waals surface area contributed by atoms with Crippen LogP contribution in [0.3, 0.4) is 0 Å². The lowest BCUT2D eigenvalue weighted by molar-refractivity contribution is -0.153. The Morgan fingerprint density at radius 3 is 2.32 bits per heavy atom. The van der Waals surface area contributed by atoms with Gasteiger partial charge >= 0.3 is 12.1 Å². The zero-order valence-electron chi connectivity index (χ0n) is 19.5. The van der Waals surface area contributed by atoms with E-state index in [2.05, 4.69) is 29.6 Å². The predicted molar refractivity (Wildman–Crippen MR) is 129 cm³/mol. The molecule has 2 aromatic carbocycles. The molecule has 0 aromatic heterocycles. The number of likely N-dealkylation sites (tertiary alicyclic amines) is 1. The van der Waals surface area contributed by atoms with E-state index < -0.39 is 24.1 Å². The number of hydrogen-bond acceptors (Lipinski definition) is 4. The number of aliphatic carboxylic acids is 1. The monoisotopic (exact) mass is 464 g/mol. The molecule has 1 saturated heterocycles. The van der Waals surface area contributed by atoms with Crippen molar-refractivity contribution in [3.8, 4) is 11.1 Å². The molecule has 180 valence electrons. The van der Waals surface area contributed by atoms with E-state index in [9.17, 15) is 19.5 Å². The first-order valence-corrected chi connectivity index (χ1v) is 12.2. The highest BCUT2D eigenvalue weighted by molar-refractivity contribution is 5.89. The van der Waals surface area contributed by atoms with Crippen molar-refractivity contribution in [1.82, 2.24) is 10.2 Å². The van der Waals surface area contributed by atoms with Crippen LogP contribution in [-0.2, 0) is 14.3 Å². The molecule has 0 saturated carbocycles. The van der Waals surface area contributed by atoms with Gasteiger partial charge in [-0.15, -0.1) is 0 Å². The normalized spacial score (nSPS) is 18.0. The topological polar surface area (TPSA) is 95.9 Å². The quantitative estimate of drug-likeness (QED) is 0.598. The second-order valence-electron chi connectivity index (χ2n) is 9.05. The zero-order valence-corrected chi connectivity index (χ0v) is 19.5. The van der Waals surface area contributed by atoms with Gasteiger partial charge in [0.1, 0.15) is 18.7 Å². The van der Waals surface area contributed by atoms with Crippen LogP contribution in [0, 0.1) is 0 Å². The molecule has 1 fully saturated rings. The van der Waals surface area contributed by atoms with Gasteiger partial charge in [-0.3, -0.25) is 4.79 Å². The summed E-state index contributed by atoms with van der Waals surface area (Å²) >= 11 is 0. The number of alkyl carbamates (subject to hydrolysis) is 1. The van der Waals surface area contributed by atoms with Crippen molar-refractivity contribution in [3.63, 3.8) is 0 Å². The number of piperidine rings is 1. The SMILES string of the molecule is CCCC[C@H](NC(=O)OCC1c2ccccc2-c2ccccc21)C(=O)N1CCCC[C@@H]1C(=O)O. The number of carbonyl (C=O) groups is 3. The highest BCUT2D eigenvalue weighted by Gasteiger charge is 2.36. The molecule has 4 rings (SSSR count). The van der Waals surface area contributed by atoms with Crippen molar-refractivity contribution in [3.05, 3.63) is 59.7 Å². The lowest BCUT2D eigenvalue weighted by atomic mass is 9.98. The second kappa shape index (κ2) is 10.7. The molecule has 0 bridgehead atoms. The number of carbonyl (C=O) groups excluding carboxylic acids is 2. The first-order valence-electron chi connectivity index (χ1n) is 12.2. The summed E-state index contributed by atoms with van der Waals surface area (Å²) in [4.78, 5) is 39.1. The molecule has 1 heterocycles. The molecule has 2 N–H and O–H groups in total. The molecule has 0 unspecified atom stereocenters. The van der Waals surface area contributed by atoms with Crippen molar-refractivity contribution in [1.29, 1.82) is 0 Å². The van der Waals surface area contributed by atoms with Crippen molar-refractivity contribution < 1.29 is 24.2 Å². The summed E-state index contributed by atoms with van der Waals surface area (Å²) in [6.07, 6.45) is 3.38. The van der Waals surface area contributed by atoms with Gasteiger partial charge in [0.15, 0.2) is 0 Å². The van der Waals surface area contributed by atoms with E-state index in [1.807, 2.05) is 31.2 Å². The third-order valence-corrected chi connectivity index (χ3v) is 6.85. The van der Waals surface area contributed by atoms with Crippen molar-refractivity contribution in [2.45, 2.75) is 63.5 Å². The number of nitrogens with one attached hydrogen (secondary N) is 1. The number of carboxylic acid groups (broad SMARTS) is 1. The lowest BCUT2D eigenvalue weighted by Gasteiger charge is -2.35. The molecule has 2 atom stereocenters. The van der Waals surface area contributed by atoms with E-state index in [1.54, 1.807) is 0 Å². The molecule has 2 amide bonds. The first kappa shape index (κ1) is 23.8.